The quantitative estimate of drug-likeness (QED) is 0.455. The molecule has 0 unspecified atom stereocenters. The minimum absolute atomic E-state index is 0.0790. The molecular formula is C7H8N2O4S. The zero-order valence-electron chi connectivity index (χ0n) is 7.13. The molecule has 0 aliphatic heterocycles. The predicted molar refractivity (Wildman–Crippen MR) is 50.3 cm³/mol. The second-order valence-corrected chi connectivity index (χ2v) is 3.25. The Balaban J connectivity index is 2.66. The van der Waals surface area contributed by atoms with Crippen molar-refractivity contribution >= 4 is 22.3 Å². The molecule has 7 heteroatoms. The van der Waals surface area contributed by atoms with E-state index in [1.165, 1.54) is 11.4 Å². The molecule has 0 saturated heterocycles. The van der Waals surface area contributed by atoms with E-state index in [0.717, 1.165) is 11.3 Å². The van der Waals surface area contributed by atoms with Gasteiger partial charge in [0.25, 0.3) is 0 Å². The summed E-state index contributed by atoms with van der Waals surface area (Å²) in [5.41, 5.74) is 5.32. The summed E-state index contributed by atoms with van der Waals surface area (Å²) in [5.74, 6) is -0.584. The lowest BCUT2D eigenvalue weighted by Crippen LogP contribution is -2.13. The van der Waals surface area contributed by atoms with Crippen LogP contribution in [0.25, 0.3) is 0 Å². The maximum absolute atomic E-state index is 11.1. The van der Waals surface area contributed by atoms with Gasteiger partial charge in [-0.25, -0.2) is 4.79 Å². The Bertz CT molecular complexity index is 349. The smallest absolute Gasteiger partial charge is 0.339 e. The van der Waals surface area contributed by atoms with Crippen LogP contribution in [0.2, 0.25) is 0 Å². The zero-order valence-corrected chi connectivity index (χ0v) is 7.95. The molecule has 1 heterocycles. The largest absolute Gasteiger partial charge is 0.461 e. The maximum atomic E-state index is 11.1. The Morgan fingerprint density at radius 2 is 2.43 bits per heavy atom. The highest BCUT2D eigenvalue weighted by atomic mass is 32.1. The SMILES string of the molecule is NCCOC(=O)c1csc([N+](=O)[O-])c1. The van der Waals surface area contributed by atoms with E-state index in [-0.39, 0.29) is 23.7 Å². The van der Waals surface area contributed by atoms with Crippen LogP contribution in [0.4, 0.5) is 5.00 Å². The number of rotatable bonds is 4. The van der Waals surface area contributed by atoms with Crippen molar-refractivity contribution in [2.45, 2.75) is 0 Å². The Kier molecular flexibility index (Phi) is 3.55. The second kappa shape index (κ2) is 4.68. The van der Waals surface area contributed by atoms with E-state index in [2.05, 4.69) is 0 Å². The van der Waals surface area contributed by atoms with Gasteiger partial charge in [-0.1, -0.05) is 11.3 Å². The van der Waals surface area contributed by atoms with Crippen molar-refractivity contribution < 1.29 is 14.5 Å². The van der Waals surface area contributed by atoms with E-state index in [4.69, 9.17) is 10.5 Å². The molecule has 0 saturated carbocycles. The van der Waals surface area contributed by atoms with Crippen LogP contribution in [0.1, 0.15) is 10.4 Å². The fourth-order valence-electron chi connectivity index (χ4n) is 0.763. The summed E-state index contributed by atoms with van der Waals surface area (Å²) < 4.78 is 4.69. The average Bonchev–Trinajstić information content (AvgIpc) is 2.62. The molecule has 0 bridgehead atoms. The molecule has 0 aliphatic carbocycles. The first-order chi connectivity index (χ1) is 6.65. The lowest BCUT2D eigenvalue weighted by molar-refractivity contribution is -0.380. The lowest BCUT2D eigenvalue weighted by atomic mass is 10.3. The van der Waals surface area contributed by atoms with E-state index in [1.54, 1.807) is 0 Å². The highest BCUT2D eigenvalue weighted by Gasteiger charge is 2.15. The molecule has 14 heavy (non-hydrogen) atoms. The van der Waals surface area contributed by atoms with Crippen LogP contribution >= 0.6 is 11.3 Å². The number of thiophene rings is 1. The number of carbonyl (C=O) groups excluding carboxylic acids is 1. The molecule has 1 aromatic rings. The maximum Gasteiger partial charge on any atom is 0.339 e. The van der Waals surface area contributed by atoms with E-state index < -0.39 is 10.9 Å². The summed E-state index contributed by atoms with van der Waals surface area (Å²) in [6.07, 6.45) is 0. The number of nitrogens with zero attached hydrogens (tertiary/aromatic N) is 1. The van der Waals surface area contributed by atoms with Crippen LogP contribution in [0.15, 0.2) is 11.4 Å². The number of hydrogen-bond donors (Lipinski definition) is 1. The van der Waals surface area contributed by atoms with Gasteiger partial charge in [-0.15, -0.1) is 0 Å². The van der Waals surface area contributed by atoms with Crippen LogP contribution in [-0.4, -0.2) is 24.0 Å². The number of carbonyl (C=O) groups is 1. The second-order valence-electron chi connectivity index (χ2n) is 2.36. The Morgan fingerprint density at radius 3 is 2.93 bits per heavy atom. The van der Waals surface area contributed by atoms with Gasteiger partial charge in [-0.05, 0) is 0 Å². The van der Waals surface area contributed by atoms with Gasteiger partial charge in [0.15, 0.2) is 0 Å². The normalized spacial score (nSPS) is 9.79. The average molecular weight is 216 g/mol. The Morgan fingerprint density at radius 1 is 1.71 bits per heavy atom. The molecule has 0 spiro atoms. The number of nitrogens with two attached hydrogens (primary N) is 1. The summed E-state index contributed by atoms with van der Waals surface area (Å²) >= 11 is 0.888. The first-order valence-electron chi connectivity index (χ1n) is 3.75. The van der Waals surface area contributed by atoms with Crippen molar-refractivity contribution in [1.82, 2.24) is 0 Å². The molecule has 1 aromatic heterocycles. The molecule has 0 aromatic carbocycles. The minimum atomic E-state index is -0.584. The van der Waals surface area contributed by atoms with Crippen molar-refractivity contribution in [2.75, 3.05) is 13.2 Å². The van der Waals surface area contributed by atoms with E-state index in [9.17, 15) is 14.9 Å². The van der Waals surface area contributed by atoms with Gasteiger partial charge in [0.2, 0.25) is 0 Å². The molecule has 0 radical (unpaired) electrons. The predicted octanol–water partition coefficient (Wildman–Crippen LogP) is 0.772. The van der Waals surface area contributed by atoms with Crippen molar-refractivity contribution in [3.05, 3.63) is 27.1 Å². The zero-order chi connectivity index (χ0) is 10.6. The van der Waals surface area contributed by atoms with Gasteiger partial charge in [0.05, 0.1) is 10.5 Å². The molecule has 6 nitrogen and oxygen atoms in total. The van der Waals surface area contributed by atoms with Crippen LogP contribution < -0.4 is 5.73 Å². The van der Waals surface area contributed by atoms with Gasteiger partial charge < -0.3 is 10.5 Å². The van der Waals surface area contributed by atoms with Gasteiger partial charge in [-0.2, -0.15) is 0 Å². The molecule has 0 fully saturated rings. The number of esters is 1. The molecule has 1 rings (SSSR count). The molecule has 0 atom stereocenters. The van der Waals surface area contributed by atoms with E-state index in [0.29, 0.717) is 0 Å². The summed E-state index contributed by atoms with van der Waals surface area (Å²) in [4.78, 5) is 20.9. The van der Waals surface area contributed by atoms with Gasteiger partial charge >= 0.3 is 11.0 Å². The first-order valence-corrected chi connectivity index (χ1v) is 4.63. The fourth-order valence-corrected chi connectivity index (χ4v) is 1.46. The highest BCUT2D eigenvalue weighted by Crippen LogP contribution is 2.22. The summed E-state index contributed by atoms with van der Waals surface area (Å²) in [6.45, 7) is 0.348. The highest BCUT2D eigenvalue weighted by molar-refractivity contribution is 7.13. The van der Waals surface area contributed by atoms with E-state index >= 15 is 0 Å². The summed E-state index contributed by atoms with van der Waals surface area (Å²) in [6, 6.07) is 1.18. The summed E-state index contributed by atoms with van der Waals surface area (Å²) in [7, 11) is 0. The number of ether oxygens (including phenoxy) is 1. The third-order valence-corrected chi connectivity index (χ3v) is 2.23. The van der Waals surface area contributed by atoms with Gasteiger partial charge in [0, 0.05) is 18.0 Å². The summed E-state index contributed by atoms with van der Waals surface area (Å²) in [5, 5.41) is 11.6. The van der Waals surface area contributed by atoms with E-state index in [1.807, 2.05) is 0 Å². The van der Waals surface area contributed by atoms with Crippen molar-refractivity contribution in [1.29, 1.82) is 0 Å². The van der Waals surface area contributed by atoms with Gasteiger partial charge in [0.1, 0.15) is 6.61 Å². The van der Waals surface area contributed by atoms with Crippen molar-refractivity contribution in [3.63, 3.8) is 0 Å². The van der Waals surface area contributed by atoms with Gasteiger partial charge in [-0.3, -0.25) is 10.1 Å². The standard InChI is InChI=1S/C7H8N2O4S/c8-1-2-13-7(10)5-3-6(9(11)12)14-4-5/h3-4H,1-2,8H2. The lowest BCUT2D eigenvalue weighted by Gasteiger charge is -1.98. The Labute approximate surface area is 83.4 Å². The molecule has 0 amide bonds. The fraction of sp³-hybridized carbons (Fsp3) is 0.286. The van der Waals surface area contributed by atoms with Crippen LogP contribution in [0.3, 0.4) is 0 Å². The van der Waals surface area contributed by atoms with Crippen LogP contribution in [0, 0.1) is 10.1 Å². The van der Waals surface area contributed by atoms with Crippen molar-refractivity contribution in [2.24, 2.45) is 5.73 Å². The van der Waals surface area contributed by atoms with Crippen LogP contribution in [-0.2, 0) is 4.74 Å². The number of nitro groups is 1. The minimum Gasteiger partial charge on any atom is -0.461 e. The topological polar surface area (TPSA) is 95.5 Å². The Hall–Kier alpha value is -1.47. The first kappa shape index (κ1) is 10.6. The third kappa shape index (κ3) is 2.51. The molecular weight excluding hydrogens is 208 g/mol. The molecule has 76 valence electrons. The van der Waals surface area contributed by atoms with Crippen molar-refractivity contribution in [3.8, 4) is 0 Å². The monoisotopic (exact) mass is 216 g/mol. The third-order valence-electron chi connectivity index (χ3n) is 1.35. The molecule has 0 aliphatic rings. The molecule has 2 N–H and O–H groups in total. The van der Waals surface area contributed by atoms with Crippen LogP contribution in [0.5, 0.6) is 0 Å². The number of hydrogen-bond acceptors (Lipinski definition) is 6.